The molecule has 0 amide bonds. The summed E-state index contributed by atoms with van der Waals surface area (Å²) in [6, 6.07) is 7.79. The Morgan fingerprint density at radius 3 is 2.65 bits per heavy atom. The molecule has 1 spiro atoms. The van der Waals surface area contributed by atoms with E-state index < -0.39 is 23.9 Å². The average Bonchev–Trinajstić information content (AvgIpc) is 2.98. The van der Waals surface area contributed by atoms with Crippen molar-refractivity contribution >= 4 is 12.4 Å². The summed E-state index contributed by atoms with van der Waals surface area (Å²) >= 11 is 0. The second kappa shape index (κ2) is 7.57. The molecule has 7 heteroatoms. The molecule has 4 saturated heterocycles. The van der Waals surface area contributed by atoms with Crippen molar-refractivity contribution in [2.24, 2.45) is 28.7 Å². The van der Waals surface area contributed by atoms with Crippen LogP contribution in [0.4, 0.5) is 0 Å². The molecule has 168 valence electrons. The van der Waals surface area contributed by atoms with Gasteiger partial charge in [0.2, 0.25) is 18.3 Å². The first-order valence-corrected chi connectivity index (χ1v) is 11.3. The number of carbonyl (C=O) groups is 1. The Balaban J connectivity index is 1.53. The van der Waals surface area contributed by atoms with Gasteiger partial charge >= 0.3 is 0 Å². The third-order valence-corrected chi connectivity index (χ3v) is 7.79. The van der Waals surface area contributed by atoms with E-state index in [2.05, 4.69) is 13.8 Å². The molecule has 7 nitrogen and oxygen atoms in total. The van der Waals surface area contributed by atoms with Gasteiger partial charge in [-0.05, 0) is 39.0 Å². The van der Waals surface area contributed by atoms with Crippen molar-refractivity contribution in [1.82, 2.24) is 0 Å². The first-order valence-electron chi connectivity index (χ1n) is 11.3. The van der Waals surface area contributed by atoms with Crippen molar-refractivity contribution in [3.63, 3.8) is 0 Å². The molecule has 1 aromatic carbocycles. The maximum Gasteiger partial charge on any atom is 0.295 e. The van der Waals surface area contributed by atoms with Crippen LogP contribution >= 0.6 is 0 Å². The highest BCUT2D eigenvalue weighted by Gasteiger charge is 2.69. The summed E-state index contributed by atoms with van der Waals surface area (Å²) in [6.45, 7) is 8.75. The van der Waals surface area contributed by atoms with Crippen LogP contribution in [-0.4, -0.2) is 30.0 Å². The zero-order valence-electron chi connectivity index (χ0n) is 18.6. The topological polar surface area (TPSA) is 75.6 Å². The largest absolute Gasteiger partial charge is 0.448 e. The molecular weight excluding hydrogens is 398 g/mol. The van der Waals surface area contributed by atoms with E-state index >= 15 is 0 Å². The Bertz CT molecular complexity index is 871. The number of hydrogen-bond acceptors (Lipinski definition) is 7. The lowest BCUT2D eigenvalue weighted by Crippen LogP contribution is -2.69. The van der Waals surface area contributed by atoms with Crippen molar-refractivity contribution in [3.8, 4) is 0 Å². The number of aryl methyl sites for hydroxylation is 1. The molecule has 6 rings (SSSR count). The monoisotopic (exact) mass is 429 g/mol. The van der Waals surface area contributed by atoms with E-state index in [1.807, 2.05) is 38.1 Å². The fraction of sp³-hybridized carbons (Fsp3) is 0.667. The Morgan fingerprint density at radius 2 is 1.90 bits per heavy atom. The van der Waals surface area contributed by atoms with Crippen molar-refractivity contribution in [2.75, 3.05) is 0 Å². The van der Waals surface area contributed by atoms with Crippen LogP contribution in [0.1, 0.15) is 63.8 Å². The molecule has 4 heterocycles. The molecule has 5 fully saturated rings. The fourth-order valence-corrected chi connectivity index (χ4v) is 6.01. The summed E-state index contributed by atoms with van der Waals surface area (Å²) in [5.74, 6) is 0.621. The Morgan fingerprint density at radius 1 is 1.13 bits per heavy atom. The van der Waals surface area contributed by atoms with Crippen molar-refractivity contribution in [1.29, 1.82) is 0 Å². The minimum Gasteiger partial charge on any atom is -0.448 e. The summed E-state index contributed by atoms with van der Waals surface area (Å²) in [7, 11) is 0. The molecule has 4 aliphatic heterocycles. The van der Waals surface area contributed by atoms with Crippen LogP contribution in [0, 0.1) is 30.6 Å². The van der Waals surface area contributed by atoms with Gasteiger partial charge < -0.3 is 14.2 Å². The van der Waals surface area contributed by atoms with Crippen LogP contribution in [-0.2, 0) is 28.8 Å². The third-order valence-electron chi connectivity index (χ3n) is 7.79. The Labute approximate surface area is 183 Å². The van der Waals surface area contributed by atoms with Gasteiger partial charge in [-0.2, -0.15) is 0 Å². The molecule has 5 aliphatic rings. The van der Waals surface area contributed by atoms with Gasteiger partial charge in [0.05, 0.1) is 0 Å². The van der Waals surface area contributed by atoms with Crippen LogP contribution in [0.25, 0.3) is 0 Å². The maximum absolute atomic E-state index is 11.2. The highest BCUT2D eigenvalue weighted by molar-refractivity contribution is 5.80. The summed E-state index contributed by atoms with van der Waals surface area (Å²) in [4.78, 5) is 28.0. The molecule has 4 unspecified atom stereocenters. The maximum atomic E-state index is 11.2. The molecular formula is C24H31NO6. The second-order valence-corrected chi connectivity index (χ2v) is 9.78. The molecule has 0 N–H and O–H groups in total. The second-order valence-electron chi connectivity index (χ2n) is 9.78. The van der Waals surface area contributed by atoms with Crippen LogP contribution < -0.4 is 0 Å². The van der Waals surface area contributed by atoms with E-state index in [0.29, 0.717) is 24.2 Å². The smallest absolute Gasteiger partial charge is 0.295 e. The van der Waals surface area contributed by atoms with Crippen molar-refractivity contribution < 1.29 is 28.8 Å². The lowest BCUT2D eigenvalue weighted by molar-refractivity contribution is -0.557. The van der Waals surface area contributed by atoms with E-state index in [-0.39, 0.29) is 11.8 Å². The molecule has 0 radical (unpaired) electrons. The minimum absolute atomic E-state index is 0.0240. The number of hydrogen-bond donors (Lipinski definition) is 0. The number of nitrogens with zero attached hydrogens (tertiary/aromatic N) is 1. The van der Waals surface area contributed by atoms with Crippen LogP contribution in [0.5, 0.6) is 0 Å². The van der Waals surface area contributed by atoms with Crippen molar-refractivity contribution in [2.45, 2.75) is 77.3 Å². The van der Waals surface area contributed by atoms with Gasteiger partial charge in [0.25, 0.3) is 6.47 Å². The zero-order chi connectivity index (χ0) is 21.8. The highest BCUT2D eigenvalue weighted by atomic mass is 17.3. The number of aliphatic imine (C=N–C) groups is 1. The van der Waals surface area contributed by atoms with Gasteiger partial charge in [-0.3, -0.25) is 4.79 Å². The van der Waals surface area contributed by atoms with E-state index in [1.54, 1.807) is 0 Å². The molecule has 1 aromatic rings. The Hall–Kier alpha value is -1.96. The number of carbonyl (C=O) groups excluding carboxylic acids is 1. The first kappa shape index (κ1) is 20.9. The van der Waals surface area contributed by atoms with Gasteiger partial charge in [0.15, 0.2) is 11.5 Å². The summed E-state index contributed by atoms with van der Waals surface area (Å²) < 4.78 is 18.1. The van der Waals surface area contributed by atoms with Gasteiger partial charge in [-0.25, -0.2) is 14.8 Å². The lowest BCUT2D eigenvalue weighted by Gasteiger charge is -2.58. The van der Waals surface area contributed by atoms with Crippen LogP contribution in [0.2, 0.25) is 0 Å². The number of benzene rings is 1. The van der Waals surface area contributed by atoms with Gasteiger partial charge in [0.1, 0.15) is 0 Å². The SMILES string of the molecule is Cc1ccc(C(/N=C2\O[C@H]3O[C@@]4(C)CCC5[C@@H](C)CCC([C@@H]2C)C53OO4)OC=O)cc1. The van der Waals surface area contributed by atoms with Gasteiger partial charge in [0, 0.05) is 29.7 Å². The highest BCUT2D eigenvalue weighted by Crippen LogP contribution is 2.60. The molecule has 31 heavy (non-hydrogen) atoms. The zero-order valence-corrected chi connectivity index (χ0v) is 18.6. The predicted molar refractivity (Wildman–Crippen MR) is 112 cm³/mol. The Kier molecular flexibility index (Phi) is 5.11. The molecule has 0 aromatic heterocycles. The lowest BCUT2D eigenvalue weighted by atomic mass is 9.58. The van der Waals surface area contributed by atoms with E-state index in [4.69, 9.17) is 29.0 Å². The molecule has 2 bridgehead atoms. The van der Waals surface area contributed by atoms with E-state index in [1.165, 1.54) is 0 Å². The normalized spacial score (nSPS) is 43.5. The molecule has 8 atom stereocenters. The van der Waals surface area contributed by atoms with Crippen LogP contribution in [0.3, 0.4) is 0 Å². The van der Waals surface area contributed by atoms with Gasteiger partial charge in [-0.15, -0.1) is 0 Å². The summed E-state index contributed by atoms with van der Waals surface area (Å²) in [6.07, 6.45) is 2.47. The van der Waals surface area contributed by atoms with Crippen molar-refractivity contribution in [3.05, 3.63) is 35.4 Å². The average molecular weight is 430 g/mol. The molecule has 1 aliphatic carbocycles. The fourth-order valence-electron chi connectivity index (χ4n) is 6.01. The summed E-state index contributed by atoms with van der Waals surface area (Å²) in [5.41, 5.74) is 1.28. The summed E-state index contributed by atoms with van der Waals surface area (Å²) in [5, 5.41) is 0. The third kappa shape index (κ3) is 3.29. The number of fused-ring (bicyclic) bond motifs is 2. The van der Waals surface area contributed by atoms with E-state index in [9.17, 15) is 4.79 Å². The quantitative estimate of drug-likeness (QED) is 0.520. The number of ether oxygens (including phenoxy) is 3. The van der Waals surface area contributed by atoms with Crippen LogP contribution in [0.15, 0.2) is 29.3 Å². The molecule has 1 saturated carbocycles. The van der Waals surface area contributed by atoms with Gasteiger partial charge in [-0.1, -0.05) is 43.7 Å². The first-order chi connectivity index (χ1) is 14.9. The number of rotatable bonds is 4. The minimum atomic E-state index is -0.834. The predicted octanol–water partition coefficient (Wildman–Crippen LogP) is 4.45. The standard InChI is InChI=1S/C24H31NO6/c1-14-5-8-17(9-6-14)21(27-13-26)25-20-16(3)19-10-7-15(2)18-11-12-23(4)29-22(28-20)24(18,19)31-30-23/h5-6,8-9,13,15-16,18-19,21-22H,7,10-12H2,1-4H3/b25-20-/t15-,16-,18?,19?,21?,22-,23+,24?/m0/s1. The van der Waals surface area contributed by atoms with E-state index in [0.717, 1.165) is 36.8 Å².